The smallest absolute Gasteiger partial charge is 0.249 e. The van der Waals surface area contributed by atoms with Crippen LogP contribution in [0.25, 0.3) is 16.4 Å². The number of carbonyl (C=O) groups is 1. The third-order valence-electron chi connectivity index (χ3n) is 3.21. The van der Waals surface area contributed by atoms with Gasteiger partial charge in [0.15, 0.2) is 0 Å². The van der Waals surface area contributed by atoms with Crippen LogP contribution in [0.5, 0.6) is 0 Å². The summed E-state index contributed by atoms with van der Waals surface area (Å²) in [6.07, 6.45) is 3.15. The Morgan fingerprint density at radius 1 is 1.33 bits per heavy atom. The van der Waals surface area contributed by atoms with Crippen molar-refractivity contribution in [2.75, 3.05) is 5.32 Å². The van der Waals surface area contributed by atoms with E-state index >= 15 is 0 Å². The molecular weight excluding hydrogens is 344 g/mol. The topological polar surface area (TPSA) is 59.8 Å². The van der Waals surface area contributed by atoms with E-state index in [2.05, 4.69) is 15.4 Å². The molecule has 122 valence electrons. The van der Waals surface area contributed by atoms with Gasteiger partial charge in [-0.05, 0) is 32.1 Å². The lowest BCUT2D eigenvalue weighted by Crippen LogP contribution is -2.12. The Balaban J connectivity index is 1.92. The van der Waals surface area contributed by atoms with Gasteiger partial charge in [0.05, 0.1) is 11.4 Å². The fraction of sp³-hybridized carbons (Fsp3) is 0.118. The van der Waals surface area contributed by atoms with E-state index in [-0.39, 0.29) is 5.91 Å². The van der Waals surface area contributed by atoms with Crippen molar-refractivity contribution in [2.45, 2.75) is 13.8 Å². The highest BCUT2D eigenvalue weighted by atomic mass is 35.5. The molecule has 0 fully saturated rings. The molecule has 1 aromatic carbocycles. The summed E-state index contributed by atoms with van der Waals surface area (Å²) >= 11 is 7.38. The predicted octanol–water partition coefficient (Wildman–Crippen LogP) is 4.47. The van der Waals surface area contributed by atoms with Gasteiger partial charge in [-0.2, -0.15) is 9.78 Å². The van der Waals surface area contributed by atoms with E-state index in [9.17, 15) is 4.79 Å². The standard InChI is InChI=1S/C17H15ClN4OS/c1-3-4-16(23)20-15-9-11(2)21-22(15)17-19-14(10-24-17)12-5-7-13(18)8-6-12/h3-10H,1-2H3,(H,20,23)/b4-3+. The number of halogens is 1. The summed E-state index contributed by atoms with van der Waals surface area (Å²) in [6.45, 7) is 3.66. The van der Waals surface area contributed by atoms with Crippen LogP contribution in [-0.2, 0) is 4.79 Å². The summed E-state index contributed by atoms with van der Waals surface area (Å²) in [5.74, 6) is 0.390. The van der Waals surface area contributed by atoms with Crippen LogP contribution in [0.15, 0.2) is 47.9 Å². The van der Waals surface area contributed by atoms with Crippen molar-refractivity contribution in [2.24, 2.45) is 0 Å². The molecule has 0 aliphatic carbocycles. The Bertz CT molecular complexity index is 896. The first-order chi connectivity index (χ1) is 11.6. The SMILES string of the molecule is C/C=C/C(=O)Nc1cc(C)nn1-c1nc(-c2ccc(Cl)cc2)cs1. The van der Waals surface area contributed by atoms with E-state index in [0.717, 1.165) is 17.0 Å². The van der Waals surface area contributed by atoms with Crippen LogP contribution in [0.4, 0.5) is 5.82 Å². The summed E-state index contributed by atoms with van der Waals surface area (Å²) in [6, 6.07) is 9.31. The average Bonchev–Trinajstić information content (AvgIpc) is 3.15. The van der Waals surface area contributed by atoms with Crippen molar-refractivity contribution in [3.05, 3.63) is 58.6 Å². The largest absolute Gasteiger partial charge is 0.307 e. The number of allylic oxidation sites excluding steroid dienone is 1. The van der Waals surface area contributed by atoms with Gasteiger partial charge in [-0.3, -0.25) is 4.79 Å². The Morgan fingerprint density at radius 3 is 2.79 bits per heavy atom. The second kappa shape index (κ2) is 6.98. The van der Waals surface area contributed by atoms with Gasteiger partial charge < -0.3 is 5.32 Å². The van der Waals surface area contributed by atoms with E-state index in [1.54, 1.807) is 17.7 Å². The molecule has 3 rings (SSSR count). The molecule has 0 saturated heterocycles. The van der Waals surface area contributed by atoms with Crippen molar-refractivity contribution < 1.29 is 4.79 Å². The molecule has 5 nitrogen and oxygen atoms in total. The number of aromatic nitrogens is 3. The van der Waals surface area contributed by atoms with Crippen molar-refractivity contribution in [1.29, 1.82) is 0 Å². The number of nitrogens with one attached hydrogen (secondary N) is 1. The normalized spacial score (nSPS) is 11.1. The summed E-state index contributed by atoms with van der Waals surface area (Å²) in [5.41, 5.74) is 2.62. The lowest BCUT2D eigenvalue weighted by molar-refractivity contribution is -0.111. The molecule has 1 N–H and O–H groups in total. The average molecular weight is 359 g/mol. The maximum atomic E-state index is 11.8. The van der Waals surface area contributed by atoms with Gasteiger partial charge in [0.25, 0.3) is 0 Å². The third kappa shape index (κ3) is 3.55. The molecule has 7 heteroatoms. The fourth-order valence-electron chi connectivity index (χ4n) is 2.17. The molecule has 0 atom stereocenters. The Kier molecular flexibility index (Phi) is 4.78. The molecule has 2 aromatic heterocycles. The van der Waals surface area contributed by atoms with Gasteiger partial charge in [0.1, 0.15) is 5.82 Å². The zero-order chi connectivity index (χ0) is 17.1. The third-order valence-corrected chi connectivity index (χ3v) is 4.28. The van der Waals surface area contributed by atoms with Crippen LogP contribution >= 0.6 is 22.9 Å². The van der Waals surface area contributed by atoms with Gasteiger partial charge in [-0.1, -0.05) is 29.8 Å². The number of anilines is 1. The molecule has 0 spiro atoms. The first-order valence-corrected chi connectivity index (χ1v) is 8.55. The molecule has 1 amide bonds. The highest BCUT2D eigenvalue weighted by molar-refractivity contribution is 7.12. The number of carbonyl (C=O) groups excluding carboxylic acids is 1. The molecule has 3 aromatic rings. The Labute approximate surface area is 148 Å². The number of nitrogens with zero attached hydrogens (tertiary/aromatic N) is 3. The van der Waals surface area contributed by atoms with E-state index in [4.69, 9.17) is 11.6 Å². The van der Waals surface area contributed by atoms with Gasteiger partial charge in [0.2, 0.25) is 11.0 Å². The maximum Gasteiger partial charge on any atom is 0.249 e. The Hall–Kier alpha value is -2.44. The van der Waals surface area contributed by atoms with E-state index in [1.807, 2.05) is 42.6 Å². The maximum absolute atomic E-state index is 11.8. The monoisotopic (exact) mass is 358 g/mol. The number of hydrogen-bond acceptors (Lipinski definition) is 4. The molecule has 0 aliphatic heterocycles. The van der Waals surface area contributed by atoms with Crippen LogP contribution in [0.2, 0.25) is 5.02 Å². The highest BCUT2D eigenvalue weighted by Crippen LogP contribution is 2.27. The lowest BCUT2D eigenvalue weighted by Gasteiger charge is -2.04. The summed E-state index contributed by atoms with van der Waals surface area (Å²) in [5, 5.41) is 10.6. The first kappa shape index (κ1) is 16.4. The van der Waals surface area contributed by atoms with Crippen LogP contribution in [0, 0.1) is 6.92 Å². The molecule has 2 heterocycles. The molecule has 0 aliphatic rings. The van der Waals surface area contributed by atoms with E-state index in [1.165, 1.54) is 17.4 Å². The highest BCUT2D eigenvalue weighted by Gasteiger charge is 2.13. The second-order valence-electron chi connectivity index (χ2n) is 5.09. The number of thiazole rings is 1. The molecule has 0 radical (unpaired) electrons. The van der Waals surface area contributed by atoms with Gasteiger partial charge >= 0.3 is 0 Å². The van der Waals surface area contributed by atoms with E-state index in [0.29, 0.717) is 16.0 Å². The quantitative estimate of drug-likeness (QED) is 0.700. The first-order valence-electron chi connectivity index (χ1n) is 7.29. The van der Waals surface area contributed by atoms with Crippen molar-refractivity contribution in [3.8, 4) is 16.4 Å². The predicted molar refractivity (Wildman–Crippen MR) is 97.9 cm³/mol. The van der Waals surface area contributed by atoms with Crippen LogP contribution in [-0.4, -0.2) is 20.7 Å². The second-order valence-corrected chi connectivity index (χ2v) is 6.37. The van der Waals surface area contributed by atoms with Gasteiger partial charge in [-0.25, -0.2) is 4.98 Å². The minimum absolute atomic E-state index is 0.201. The van der Waals surface area contributed by atoms with Crippen LogP contribution in [0.3, 0.4) is 0 Å². The van der Waals surface area contributed by atoms with Gasteiger partial charge in [0, 0.05) is 22.0 Å². The van der Waals surface area contributed by atoms with Crippen molar-refractivity contribution in [1.82, 2.24) is 14.8 Å². The lowest BCUT2D eigenvalue weighted by atomic mass is 10.2. The van der Waals surface area contributed by atoms with Gasteiger partial charge in [-0.15, -0.1) is 11.3 Å². The molecule has 0 saturated carbocycles. The molecule has 24 heavy (non-hydrogen) atoms. The molecule has 0 bridgehead atoms. The number of aryl methyl sites for hydroxylation is 1. The Morgan fingerprint density at radius 2 is 2.08 bits per heavy atom. The molecule has 0 unspecified atom stereocenters. The summed E-state index contributed by atoms with van der Waals surface area (Å²) in [7, 11) is 0. The fourth-order valence-corrected chi connectivity index (χ4v) is 3.09. The zero-order valence-electron chi connectivity index (χ0n) is 13.2. The number of rotatable bonds is 4. The molecular formula is C17H15ClN4OS. The summed E-state index contributed by atoms with van der Waals surface area (Å²) < 4.78 is 1.64. The zero-order valence-corrected chi connectivity index (χ0v) is 14.7. The van der Waals surface area contributed by atoms with E-state index < -0.39 is 0 Å². The van der Waals surface area contributed by atoms with Crippen molar-refractivity contribution in [3.63, 3.8) is 0 Å². The minimum atomic E-state index is -0.201. The summed E-state index contributed by atoms with van der Waals surface area (Å²) in [4.78, 5) is 16.4. The van der Waals surface area contributed by atoms with Crippen LogP contribution < -0.4 is 5.32 Å². The number of amides is 1. The minimum Gasteiger partial charge on any atom is -0.307 e. The van der Waals surface area contributed by atoms with Crippen molar-refractivity contribution >= 4 is 34.7 Å². The number of hydrogen-bond donors (Lipinski definition) is 1. The van der Waals surface area contributed by atoms with Crippen LogP contribution in [0.1, 0.15) is 12.6 Å². The number of benzene rings is 1.